The maximum Gasteiger partial charge on any atom is 0.222 e. The maximum atomic E-state index is 12.5. The van der Waals surface area contributed by atoms with E-state index in [0.29, 0.717) is 17.4 Å². The van der Waals surface area contributed by atoms with E-state index in [0.717, 1.165) is 62.2 Å². The molecule has 1 saturated heterocycles. The average Bonchev–Trinajstić information content (AvgIpc) is 3.21. The van der Waals surface area contributed by atoms with Crippen molar-refractivity contribution in [2.75, 3.05) is 13.1 Å². The second kappa shape index (κ2) is 9.46. The van der Waals surface area contributed by atoms with Gasteiger partial charge in [0.2, 0.25) is 5.91 Å². The summed E-state index contributed by atoms with van der Waals surface area (Å²) in [7, 11) is 0. The number of likely N-dealkylation sites (tertiary alicyclic amines) is 1. The number of halogens is 3. The Balaban J connectivity index is 0.00000131. The molecule has 2 heterocycles. The number of hydrogen-bond donors (Lipinski definition) is 1. The van der Waals surface area contributed by atoms with E-state index in [1.54, 1.807) is 0 Å². The smallest absolute Gasteiger partial charge is 0.222 e. The molecule has 1 saturated carbocycles. The molecule has 1 aromatic heterocycles. The van der Waals surface area contributed by atoms with E-state index in [9.17, 15) is 4.79 Å². The normalized spacial score (nSPS) is 23.1. The van der Waals surface area contributed by atoms with Crippen LogP contribution in [-0.4, -0.2) is 34.9 Å². The van der Waals surface area contributed by atoms with Gasteiger partial charge in [0.1, 0.15) is 5.52 Å². The lowest BCUT2D eigenvalue weighted by Crippen LogP contribution is -2.40. The highest BCUT2D eigenvalue weighted by molar-refractivity contribution is 6.31. The monoisotopic (exact) mass is 433 g/mol. The average molecular weight is 435 g/mol. The van der Waals surface area contributed by atoms with Gasteiger partial charge < -0.3 is 15.1 Å². The molecule has 5 nitrogen and oxygen atoms in total. The number of aromatic nitrogens is 1. The number of nitrogens with zero attached hydrogens (tertiary/aromatic N) is 2. The van der Waals surface area contributed by atoms with Crippen molar-refractivity contribution in [3.8, 4) is 0 Å². The van der Waals surface area contributed by atoms with Gasteiger partial charge in [-0.15, -0.1) is 24.8 Å². The molecule has 0 spiro atoms. The van der Waals surface area contributed by atoms with Crippen LogP contribution in [0.1, 0.15) is 50.3 Å². The van der Waals surface area contributed by atoms with Crippen molar-refractivity contribution >= 4 is 53.4 Å². The Hall–Kier alpha value is -1.01. The molecule has 1 aliphatic carbocycles. The first kappa shape index (κ1) is 22.3. The minimum absolute atomic E-state index is 0. The summed E-state index contributed by atoms with van der Waals surface area (Å²) in [5.41, 5.74) is 7.68. The van der Waals surface area contributed by atoms with Gasteiger partial charge in [-0.2, -0.15) is 0 Å². The summed E-state index contributed by atoms with van der Waals surface area (Å²) in [5, 5.41) is 0.665. The summed E-state index contributed by atoms with van der Waals surface area (Å²) in [4.78, 5) is 19.1. The third-order valence-electron chi connectivity index (χ3n) is 5.72. The number of carbonyl (C=O) groups is 1. The molecule has 2 aromatic rings. The van der Waals surface area contributed by atoms with Crippen molar-refractivity contribution in [3.63, 3.8) is 0 Å². The zero-order valence-corrected chi connectivity index (χ0v) is 17.5. The predicted molar refractivity (Wildman–Crippen MR) is 112 cm³/mol. The van der Waals surface area contributed by atoms with E-state index in [2.05, 4.69) is 4.98 Å². The van der Waals surface area contributed by atoms with Crippen LogP contribution in [0.25, 0.3) is 11.1 Å². The van der Waals surface area contributed by atoms with Gasteiger partial charge in [-0.1, -0.05) is 18.0 Å². The minimum atomic E-state index is 0. The van der Waals surface area contributed by atoms with Crippen LogP contribution >= 0.6 is 36.4 Å². The number of amides is 1. The van der Waals surface area contributed by atoms with Gasteiger partial charge in [0.25, 0.3) is 0 Å². The van der Waals surface area contributed by atoms with Crippen LogP contribution in [0.3, 0.4) is 0 Å². The molecule has 0 radical (unpaired) electrons. The summed E-state index contributed by atoms with van der Waals surface area (Å²) in [6, 6.07) is 5.70. The molecule has 4 rings (SSSR count). The Morgan fingerprint density at radius 1 is 1.22 bits per heavy atom. The Bertz CT molecular complexity index is 775. The molecular weight excluding hydrogens is 409 g/mol. The Morgan fingerprint density at radius 2 is 1.96 bits per heavy atom. The van der Waals surface area contributed by atoms with Crippen molar-refractivity contribution < 1.29 is 9.21 Å². The van der Waals surface area contributed by atoms with Crippen LogP contribution in [-0.2, 0) is 4.79 Å². The standard InChI is InChI=1S/C19H24ClN3O2.2ClH/c20-14-4-5-17-16(11-14)22-19(25-17)12-6-8-23(9-7-12)18(24)10-13-2-1-3-15(13)21;;/h4-5,11-13,15H,1-3,6-10,21H2;2*1H/t13-,15+;;/m0../s1. The minimum Gasteiger partial charge on any atom is -0.440 e. The molecule has 8 heteroatoms. The third-order valence-corrected chi connectivity index (χ3v) is 5.95. The number of rotatable bonds is 3. The second-order valence-corrected chi connectivity index (χ2v) is 7.81. The van der Waals surface area contributed by atoms with Gasteiger partial charge in [0.05, 0.1) is 0 Å². The molecule has 2 N–H and O–H groups in total. The topological polar surface area (TPSA) is 72.4 Å². The van der Waals surface area contributed by atoms with Crippen molar-refractivity contribution in [1.82, 2.24) is 9.88 Å². The van der Waals surface area contributed by atoms with Crippen molar-refractivity contribution in [2.24, 2.45) is 11.7 Å². The third kappa shape index (κ3) is 4.89. The van der Waals surface area contributed by atoms with Crippen LogP contribution in [0.15, 0.2) is 22.6 Å². The highest BCUT2D eigenvalue weighted by Gasteiger charge is 2.31. The number of oxazole rings is 1. The first-order chi connectivity index (χ1) is 12.1. The molecule has 1 aromatic carbocycles. The number of piperidine rings is 1. The zero-order chi connectivity index (χ0) is 17.4. The van der Waals surface area contributed by atoms with E-state index in [1.807, 2.05) is 23.1 Å². The lowest BCUT2D eigenvalue weighted by molar-refractivity contribution is -0.133. The lowest BCUT2D eigenvalue weighted by atomic mass is 9.95. The summed E-state index contributed by atoms with van der Waals surface area (Å²) in [6.07, 6.45) is 5.69. The van der Waals surface area contributed by atoms with Gasteiger partial charge >= 0.3 is 0 Å². The van der Waals surface area contributed by atoms with E-state index in [-0.39, 0.29) is 42.7 Å². The quantitative estimate of drug-likeness (QED) is 0.769. The fourth-order valence-corrected chi connectivity index (χ4v) is 4.31. The van der Waals surface area contributed by atoms with Crippen molar-refractivity contribution in [1.29, 1.82) is 0 Å². The lowest BCUT2D eigenvalue weighted by Gasteiger charge is -2.31. The molecule has 27 heavy (non-hydrogen) atoms. The Labute approximate surface area is 176 Å². The van der Waals surface area contributed by atoms with E-state index in [4.69, 9.17) is 21.8 Å². The van der Waals surface area contributed by atoms with E-state index >= 15 is 0 Å². The van der Waals surface area contributed by atoms with Gasteiger partial charge in [-0.3, -0.25) is 4.79 Å². The van der Waals surface area contributed by atoms with Crippen LogP contribution in [0.5, 0.6) is 0 Å². The van der Waals surface area contributed by atoms with E-state index in [1.165, 1.54) is 0 Å². The van der Waals surface area contributed by atoms with Gasteiger partial charge in [0.15, 0.2) is 11.5 Å². The Kier molecular flexibility index (Phi) is 7.81. The molecule has 2 fully saturated rings. The highest BCUT2D eigenvalue weighted by atomic mass is 35.5. The molecule has 1 amide bonds. The number of carbonyl (C=O) groups excluding carboxylic acids is 1. The fraction of sp³-hybridized carbons (Fsp3) is 0.579. The summed E-state index contributed by atoms with van der Waals surface area (Å²) >= 11 is 6.01. The predicted octanol–water partition coefficient (Wildman–Crippen LogP) is 4.55. The van der Waals surface area contributed by atoms with Crippen LogP contribution in [0, 0.1) is 5.92 Å². The highest BCUT2D eigenvalue weighted by Crippen LogP contribution is 2.32. The molecule has 150 valence electrons. The van der Waals surface area contributed by atoms with Crippen LogP contribution in [0.2, 0.25) is 5.02 Å². The second-order valence-electron chi connectivity index (χ2n) is 7.38. The largest absolute Gasteiger partial charge is 0.440 e. The number of fused-ring (bicyclic) bond motifs is 1. The fourth-order valence-electron chi connectivity index (χ4n) is 4.14. The summed E-state index contributed by atoms with van der Waals surface area (Å²) < 4.78 is 5.89. The Morgan fingerprint density at radius 3 is 2.63 bits per heavy atom. The molecule has 0 bridgehead atoms. The van der Waals surface area contributed by atoms with Gasteiger partial charge in [-0.05, 0) is 49.8 Å². The van der Waals surface area contributed by atoms with Crippen LogP contribution < -0.4 is 5.73 Å². The number of hydrogen-bond acceptors (Lipinski definition) is 4. The first-order valence-electron chi connectivity index (χ1n) is 9.19. The number of benzene rings is 1. The zero-order valence-electron chi connectivity index (χ0n) is 15.1. The van der Waals surface area contributed by atoms with E-state index < -0.39 is 0 Å². The molecule has 0 unspecified atom stereocenters. The van der Waals surface area contributed by atoms with Crippen LogP contribution in [0.4, 0.5) is 0 Å². The van der Waals surface area contributed by atoms with Crippen molar-refractivity contribution in [3.05, 3.63) is 29.1 Å². The van der Waals surface area contributed by atoms with Gasteiger partial charge in [-0.25, -0.2) is 4.98 Å². The summed E-state index contributed by atoms with van der Waals surface area (Å²) in [6.45, 7) is 1.54. The van der Waals surface area contributed by atoms with Gasteiger partial charge in [0, 0.05) is 36.5 Å². The summed E-state index contributed by atoms with van der Waals surface area (Å²) in [5.74, 6) is 1.66. The first-order valence-corrected chi connectivity index (χ1v) is 9.57. The SMILES string of the molecule is Cl.Cl.N[C@@H]1CCC[C@H]1CC(=O)N1CCC(c2nc3cc(Cl)ccc3o2)CC1. The molecular formula is C19H26Cl3N3O2. The molecule has 2 aliphatic rings. The maximum absolute atomic E-state index is 12.5. The van der Waals surface area contributed by atoms with Crippen molar-refractivity contribution in [2.45, 2.75) is 50.5 Å². The molecule has 2 atom stereocenters. The molecule has 1 aliphatic heterocycles. The number of nitrogens with two attached hydrogens (primary N) is 1.